The summed E-state index contributed by atoms with van der Waals surface area (Å²) in [5.74, 6) is -0.106. The van der Waals surface area contributed by atoms with Crippen LogP contribution in [0.3, 0.4) is 0 Å². The van der Waals surface area contributed by atoms with Crippen LogP contribution in [-0.4, -0.2) is 20.8 Å². The summed E-state index contributed by atoms with van der Waals surface area (Å²) >= 11 is 5.94. The molecule has 0 bridgehead atoms. The van der Waals surface area contributed by atoms with Gasteiger partial charge in [0.1, 0.15) is 11.8 Å². The Labute approximate surface area is 143 Å². The highest BCUT2D eigenvalue weighted by molar-refractivity contribution is 6.30. The summed E-state index contributed by atoms with van der Waals surface area (Å²) in [6.07, 6.45) is 4.73. The number of hydrogen-bond acceptors (Lipinski definition) is 5. The van der Waals surface area contributed by atoms with Crippen LogP contribution in [0, 0.1) is 11.3 Å². The number of aliphatic imine (C=N–C) groups is 1. The van der Waals surface area contributed by atoms with Crippen LogP contribution in [0.4, 0.5) is 5.69 Å². The van der Waals surface area contributed by atoms with Gasteiger partial charge >= 0.3 is 0 Å². The highest BCUT2D eigenvalue weighted by atomic mass is 35.5. The van der Waals surface area contributed by atoms with E-state index in [2.05, 4.69) is 15.0 Å². The maximum absolute atomic E-state index is 10.5. The van der Waals surface area contributed by atoms with Crippen LogP contribution < -0.4 is 0 Å². The van der Waals surface area contributed by atoms with E-state index in [4.69, 9.17) is 11.6 Å². The van der Waals surface area contributed by atoms with E-state index in [1.807, 2.05) is 6.07 Å². The third kappa shape index (κ3) is 3.24. The molecule has 0 atom stereocenters. The van der Waals surface area contributed by atoms with Crippen molar-refractivity contribution in [2.45, 2.75) is 0 Å². The van der Waals surface area contributed by atoms with Crippen LogP contribution in [0.1, 0.15) is 5.56 Å². The van der Waals surface area contributed by atoms with Crippen molar-refractivity contribution < 1.29 is 5.11 Å². The lowest BCUT2D eigenvalue weighted by Crippen LogP contribution is -2.00. The van der Waals surface area contributed by atoms with Gasteiger partial charge in [-0.1, -0.05) is 17.7 Å². The largest absolute Gasteiger partial charge is 0.505 e. The molecule has 0 unspecified atom stereocenters. The van der Waals surface area contributed by atoms with E-state index in [9.17, 15) is 10.4 Å². The van der Waals surface area contributed by atoms with Crippen LogP contribution >= 0.6 is 11.6 Å². The molecule has 0 aliphatic rings. The normalized spacial score (nSPS) is 11.1. The van der Waals surface area contributed by atoms with Crippen molar-refractivity contribution in [3.8, 4) is 23.1 Å². The second-order valence-electron chi connectivity index (χ2n) is 4.84. The first-order valence-electron chi connectivity index (χ1n) is 7.02. The second kappa shape index (κ2) is 6.90. The summed E-state index contributed by atoms with van der Waals surface area (Å²) in [6.45, 7) is 0. The Morgan fingerprint density at radius 2 is 1.92 bits per heavy atom. The van der Waals surface area contributed by atoms with Crippen LogP contribution in [0.15, 0.2) is 66.0 Å². The molecule has 0 aliphatic heterocycles. The molecule has 5 nitrogen and oxygen atoms in total. The van der Waals surface area contributed by atoms with Gasteiger partial charge in [0.2, 0.25) is 0 Å². The van der Waals surface area contributed by atoms with Crippen LogP contribution in [0.2, 0.25) is 5.02 Å². The van der Waals surface area contributed by atoms with Crippen LogP contribution in [0.25, 0.3) is 11.3 Å². The Hall–Kier alpha value is -3.23. The molecule has 2 aromatic heterocycles. The van der Waals surface area contributed by atoms with Crippen LogP contribution in [0.5, 0.6) is 5.75 Å². The van der Waals surface area contributed by atoms with Gasteiger partial charge in [-0.05, 0) is 36.4 Å². The zero-order chi connectivity index (χ0) is 16.9. The van der Waals surface area contributed by atoms with Gasteiger partial charge in [-0.2, -0.15) is 5.26 Å². The quantitative estimate of drug-likeness (QED) is 0.729. The molecule has 0 saturated heterocycles. The van der Waals surface area contributed by atoms with Gasteiger partial charge in [-0.15, -0.1) is 0 Å². The number of rotatable bonds is 3. The molecule has 0 radical (unpaired) electrons. The van der Waals surface area contributed by atoms with E-state index in [1.54, 1.807) is 54.9 Å². The summed E-state index contributed by atoms with van der Waals surface area (Å²) in [6, 6.07) is 13.8. The minimum atomic E-state index is -0.106. The van der Waals surface area contributed by atoms with E-state index >= 15 is 0 Å². The van der Waals surface area contributed by atoms with Crippen molar-refractivity contribution in [2.24, 2.45) is 4.99 Å². The lowest BCUT2D eigenvalue weighted by Gasteiger charge is -2.08. The van der Waals surface area contributed by atoms with E-state index < -0.39 is 0 Å². The van der Waals surface area contributed by atoms with Crippen LogP contribution in [-0.2, 0) is 0 Å². The predicted octanol–water partition coefficient (Wildman–Crippen LogP) is 4.15. The second-order valence-corrected chi connectivity index (χ2v) is 5.28. The maximum Gasteiger partial charge on any atom is 0.152 e. The molecule has 0 aliphatic carbocycles. The van der Waals surface area contributed by atoms with E-state index in [0.717, 1.165) is 0 Å². The fourth-order valence-corrected chi connectivity index (χ4v) is 2.37. The molecule has 1 aromatic carbocycles. The molecule has 2 heterocycles. The zero-order valence-corrected chi connectivity index (χ0v) is 13.1. The molecule has 0 amide bonds. The summed E-state index contributed by atoms with van der Waals surface area (Å²) in [4.78, 5) is 12.4. The summed E-state index contributed by atoms with van der Waals surface area (Å²) in [5.41, 5.74) is 1.97. The monoisotopic (exact) mass is 334 g/mol. The lowest BCUT2D eigenvalue weighted by atomic mass is 10.1. The minimum absolute atomic E-state index is 0.0764. The average molecular weight is 335 g/mol. The number of benzene rings is 1. The highest BCUT2D eigenvalue weighted by Crippen LogP contribution is 2.30. The Morgan fingerprint density at radius 3 is 2.62 bits per heavy atom. The molecular weight excluding hydrogens is 324 g/mol. The van der Waals surface area contributed by atoms with E-state index in [1.165, 1.54) is 6.20 Å². The summed E-state index contributed by atoms with van der Waals surface area (Å²) in [7, 11) is 0. The van der Waals surface area contributed by atoms with Gasteiger partial charge in [-0.3, -0.25) is 9.97 Å². The minimum Gasteiger partial charge on any atom is -0.505 e. The molecular formula is C18H11ClN4O. The van der Waals surface area contributed by atoms with Gasteiger partial charge in [0, 0.05) is 29.2 Å². The van der Waals surface area contributed by atoms with Gasteiger partial charge in [-0.25, -0.2) is 4.99 Å². The smallest absolute Gasteiger partial charge is 0.152 e. The Bertz CT molecular complexity index is 949. The lowest BCUT2D eigenvalue weighted by molar-refractivity contribution is 0.474. The van der Waals surface area contributed by atoms with E-state index in [-0.39, 0.29) is 11.5 Å². The molecule has 24 heavy (non-hydrogen) atoms. The van der Waals surface area contributed by atoms with Crippen molar-refractivity contribution in [1.82, 2.24) is 9.97 Å². The van der Waals surface area contributed by atoms with Crippen molar-refractivity contribution in [3.63, 3.8) is 0 Å². The molecule has 6 heteroatoms. The Kier molecular flexibility index (Phi) is 4.50. The summed E-state index contributed by atoms with van der Waals surface area (Å²) in [5, 5.41) is 20.5. The first-order chi connectivity index (χ1) is 11.7. The van der Waals surface area contributed by atoms with Crippen molar-refractivity contribution >= 4 is 23.0 Å². The summed E-state index contributed by atoms with van der Waals surface area (Å²) < 4.78 is 0. The first-order valence-corrected chi connectivity index (χ1v) is 7.40. The highest BCUT2D eigenvalue weighted by Gasteiger charge is 2.15. The Morgan fingerprint density at radius 1 is 1.12 bits per heavy atom. The molecule has 3 rings (SSSR count). The number of halogens is 1. The number of pyridine rings is 2. The third-order valence-corrected chi connectivity index (χ3v) is 3.52. The maximum atomic E-state index is 10.5. The SMILES string of the molecule is N#C/C(=N\c1cccc(Cl)c1)c1ccnc(-c2ccncc2)c1O. The molecule has 1 N–H and O–H groups in total. The molecule has 116 valence electrons. The van der Waals surface area contributed by atoms with Gasteiger partial charge < -0.3 is 5.11 Å². The molecule has 0 fully saturated rings. The van der Waals surface area contributed by atoms with Gasteiger partial charge in [0.15, 0.2) is 11.5 Å². The number of nitriles is 1. The van der Waals surface area contributed by atoms with Crippen molar-refractivity contribution in [3.05, 3.63) is 71.6 Å². The Balaban J connectivity index is 2.10. The standard InChI is InChI=1S/C18H11ClN4O/c19-13-2-1-3-14(10-13)23-16(11-20)15-6-9-22-17(18(15)24)12-4-7-21-8-5-12/h1-10,24H/b23-16+. The number of hydrogen-bond donors (Lipinski definition) is 1. The fraction of sp³-hybridized carbons (Fsp3) is 0. The topological polar surface area (TPSA) is 82.2 Å². The van der Waals surface area contributed by atoms with Crippen molar-refractivity contribution in [1.29, 1.82) is 5.26 Å². The predicted molar refractivity (Wildman–Crippen MR) is 92.4 cm³/mol. The first kappa shape index (κ1) is 15.7. The van der Waals surface area contributed by atoms with Gasteiger partial charge in [0.25, 0.3) is 0 Å². The number of nitrogens with zero attached hydrogens (tertiary/aromatic N) is 4. The zero-order valence-electron chi connectivity index (χ0n) is 12.4. The number of aromatic hydroxyl groups is 1. The van der Waals surface area contributed by atoms with Crippen molar-refractivity contribution in [2.75, 3.05) is 0 Å². The number of aromatic nitrogens is 2. The van der Waals surface area contributed by atoms with E-state index in [0.29, 0.717) is 27.5 Å². The fourth-order valence-electron chi connectivity index (χ4n) is 2.19. The molecule has 0 saturated carbocycles. The average Bonchev–Trinajstić information content (AvgIpc) is 2.61. The third-order valence-electron chi connectivity index (χ3n) is 3.29. The molecule has 0 spiro atoms. The molecule has 3 aromatic rings. The van der Waals surface area contributed by atoms with Gasteiger partial charge in [0.05, 0.1) is 11.3 Å².